The van der Waals surface area contributed by atoms with Crippen molar-refractivity contribution in [3.63, 3.8) is 0 Å². The first-order valence-electron chi connectivity index (χ1n) is 3.13. The van der Waals surface area contributed by atoms with Gasteiger partial charge in [-0.15, -0.1) is 12.6 Å². The van der Waals surface area contributed by atoms with Crippen LogP contribution in [0.3, 0.4) is 0 Å². The van der Waals surface area contributed by atoms with Gasteiger partial charge >= 0.3 is 0 Å². The van der Waals surface area contributed by atoms with E-state index in [0.29, 0.717) is 0 Å². The molecule has 54 valence electrons. The maximum absolute atomic E-state index is 8.78. The monoisotopic (exact) mass is 154 g/mol. The molecule has 1 rings (SSSR count). The maximum atomic E-state index is 8.78. The van der Waals surface area contributed by atoms with Crippen LogP contribution < -0.4 is 0 Å². The van der Waals surface area contributed by atoms with Gasteiger partial charge in [0.1, 0.15) is 0 Å². The Morgan fingerprint density at radius 1 is 1.50 bits per heavy atom. The van der Waals surface area contributed by atoms with Gasteiger partial charge in [0.2, 0.25) is 0 Å². The smallest absolute Gasteiger partial charge is 0.0684 e. The van der Waals surface area contributed by atoms with E-state index < -0.39 is 0 Å². The Bertz CT molecular complexity index is 233. The van der Waals surface area contributed by atoms with E-state index >= 15 is 0 Å². The third-order valence-electron chi connectivity index (χ3n) is 1.50. The fourth-order valence-electron chi connectivity index (χ4n) is 0.857. The van der Waals surface area contributed by atoms with Gasteiger partial charge in [-0.25, -0.2) is 0 Å². The van der Waals surface area contributed by atoms with Crippen molar-refractivity contribution in [2.24, 2.45) is 0 Å². The lowest BCUT2D eigenvalue weighted by Gasteiger charge is -2.01. The minimum atomic E-state index is 0.111. The zero-order chi connectivity index (χ0) is 7.56. The molecule has 0 aromatic heterocycles. The van der Waals surface area contributed by atoms with E-state index in [1.165, 1.54) is 0 Å². The lowest BCUT2D eigenvalue weighted by molar-refractivity contribution is 0.281. The molecule has 1 aromatic rings. The van der Waals surface area contributed by atoms with Crippen molar-refractivity contribution in [3.05, 3.63) is 29.3 Å². The van der Waals surface area contributed by atoms with Crippen molar-refractivity contribution in [1.82, 2.24) is 0 Å². The molecule has 0 aliphatic carbocycles. The third-order valence-corrected chi connectivity index (χ3v) is 1.77. The van der Waals surface area contributed by atoms with E-state index in [0.717, 1.165) is 16.0 Å². The number of aryl methyl sites for hydroxylation is 1. The minimum absolute atomic E-state index is 0.111. The molecule has 0 spiro atoms. The summed E-state index contributed by atoms with van der Waals surface area (Å²) < 4.78 is 0. The Hall–Kier alpha value is -0.470. The van der Waals surface area contributed by atoms with Crippen molar-refractivity contribution < 1.29 is 5.11 Å². The summed E-state index contributed by atoms with van der Waals surface area (Å²) in [7, 11) is 0. The number of aliphatic hydroxyl groups excluding tert-OH is 1. The average Bonchev–Trinajstić information content (AvgIpc) is 1.88. The molecule has 0 aliphatic rings. The average molecular weight is 154 g/mol. The summed E-state index contributed by atoms with van der Waals surface area (Å²) in [4.78, 5) is 0.940. The molecule has 0 saturated carbocycles. The highest BCUT2D eigenvalue weighted by atomic mass is 32.1. The van der Waals surface area contributed by atoms with Gasteiger partial charge in [-0.1, -0.05) is 6.07 Å². The molecule has 0 aliphatic heterocycles. The van der Waals surface area contributed by atoms with Crippen LogP contribution in [0.15, 0.2) is 23.1 Å². The second-order valence-corrected chi connectivity index (χ2v) is 2.79. The van der Waals surface area contributed by atoms with Crippen LogP contribution in [0.1, 0.15) is 11.1 Å². The number of benzene rings is 1. The van der Waals surface area contributed by atoms with E-state index in [9.17, 15) is 0 Å². The molecule has 0 atom stereocenters. The van der Waals surface area contributed by atoms with Crippen molar-refractivity contribution >= 4 is 12.6 Å². The Morgan fingerprint density at radius 2 is 2.20 bits per heavy atom. The summed E-state index contributed by atoms with van der Waals surface area (Å²) in [6.07, 6.45) is 0. The van der Waals surface area contributed by atoms with Crippen LogP contribution in [0.5, 0.6) is 0 Å². The predicted molar refractivity (Wildman–Crippen MR) is 44.4 cm³/mol. The predicted octanol–water partition coefficient (Wildman–Crippen LogP) is 1.78. The number of rotatable bonds is 1. The fourth-order valence-corrected chi connectivity index (χ4v) is 1.13. The molecule has 0 radical (unpaired) electrons. The first kappa shape index (κ1) is 7.63. The van der Waals surface area contributed by atoms with Crippen molar-refractivity contribution in [2.75, 3.05) is 0 Å². The summed E-state index contributed by atoms with van der Waals surface area (Å²) in [5.41, 5.74) is 2.06. The number of aliphatic hydroxyl groups is 1. The standard InChI is InChI=1S/C8H10OS/c1-6-4-8(10)3-2-7(6)5-9/h2-4,9-10H,5H2,1H3. The molecular weight excluding hydrogens is 144 g/mol. The number of thiol groups is 1. The number of hydrogen-bond acceptors (Lipinski definition) is 2. The van der Waals surface area contributed by atoms with Crippen molar-refractivity contribution in [1.29, 1.82) is 0 Å². The zero-order valence-electron chi connectivity index (χ0n) is 5.83. The molecule has 0 fully saturated rings. The highest BCUT2D eigenvalue weighted by Crippen LogP contribution is 2.13. The highest BCUT2D eigenvalue weighted by Gasteiger charge is 1.94. The summed E-state index contributed by atoms with van der Waals surface area (Å²) >= 11 is 4.16. The number of hydrogen-bond donors (Lipinski definition) is 2. The minimum Gasteiger partial charge on any atom is -0.392 e. The first-order chi connectivity index (χ1) is 4.74. The molecule has 1 N–H and O–H groups in total. The van der Waals surface area contributed by atoms with Crippen LogP contribution in [0.2, 0.25) is 0 Å². The van der Waals surface area contributed by atoms with Crippen LogP contribution in [0, 0.1) is 6.92 Å². The van der Waals surface area contributed by atoms with Crippen LogP contribution in [-0.4, -0.2) is 5.11 Å². The van der Waals surface area contributed by atoms with Gasteiger partial charge in [-0.3, -0.25) is 0 Å². The topological polar surface area (TPSA) is 20.2 Å². The lowest BCUT2D eigenvalue weighted by atomic mass is 10.1. The summed E-state index contributed by atoms with van der Waals surface area (Å²) in [5, 5.41) is 8.78. The summed E-state index contributed by atoms with van der Waals surface area (Å²) in [6, 6.07) is 5.70. The second kappa shape index (κ2) is 3.08. The molecule has 0 bridgehead atoms. The van der Waals surface area contributed by atoms with Gasteiger partial charge < -0.3 is 5.11 Å². The Balaban J connectivity index is 3.07. The largest absolute Gasteiger partial charge is 0.392 e. The highest BCUT2D eigenvalue weighted by molar-refractivity contribution is 7.80. The van der Waals surface area contributed by atoms with Gasteiger partial charge in [0.05, 0.1) is 6.61 Å². The van der Waals surface area contributed by atoms with Crippen LogP contribution >= 0.6 is 12.6 Å². The fraction of sp³-hybridized carbons (Fsp3) is 0.250. The van der Waals surface area contributed by atoms with Crippen molar-refractivity contribution in [2.45, 2.75) is 18.4 Å². The van der Waals surface area contributed by atoms with E-state index in [1.54, 1.807) is 0 Å². The molecule has 0 saturated heterocycles. The zero-order valence-corrected chi connectivity index (χ0v) is 6.73. The van der Waals surface area contributed by atoms with E-state index in [4.69, 9.17) is 5.11 Å². The molecule has 0 amide bonds. The van der Waals surface area contributed by atoms with Crippen LogP contribution in [0.25, 0.3) is 0 Å². The first-order valence-corrected chi connectivity index (χ1v) is 3.58. The SMILES string of the molecule is Cc1cc(S)ccc1CO. The van der Waals surface area contributed by atoms with E-state index in [2.05, 4.69) is 12.6 Å². The van der Waals surface area contributed by atoms with Gasteiger partial charge in [0.25, 0.3) is 0 Å². The molecule has 1 nitrogen and oxygen atoms in total. The summed E-state index contributed by atoms with van der Waals surface area (Å²) in [5.74, 6) is 0. The third kappa shape index (κ3) is 1.52. The normalized spacial score (nSPS) is 9.90. The van der Waals surface area contributed by atoms with Gasteiger partial charge in [-0.2, -0.15) is 0 Å². The van der Waals surface area contributed by atoms with Crippen LogP contribution in [0.4, 0.5) is 0 Å². The molecule has 10 heavy (non-hydrogen) atoms. The van der Waals surface area contributed by atoms with Crippen LogP contribution in [-0.2, 0) is 6.61 Å². The Kier molecular flexibility index (Phi) is 2.35. The van der Waals surface area contributed by atoms with E-state index in [-0.39, 0.29) is 6.61 Å². The lowest BCUT2D eigenvalue weighted by Crippen LogP contribution is -1.86. The van der Waals surface area contributed by atoms with Gasteiger partial charge in [-0.05, 0) is 30.2 Å². The molecule has 0 heterocycles. The Morgan fingerprint density at radius 3 is 2.70 bits per heavy atom. The second-order valence-electron chi connectivity index (χ2n) is 2.27. The Labute approximate surface area is 66.1 Å². The molecular formula is C8H10OS. The maximum Gasteiger partial charge on any atom is 0.0684 e. The van der Waals surface area contributed by atoms with Crippen molar-refractivity contribution in [3.8, 4) is 0 Å². The quantitative estimate of drug-likeness (QED) is 0.591. The molecule has 1 aromatic carbocycles. The molecule has 2 heteroatoms. The molecule has 0 unspecified atom stereocenters. The van der Waals surface area contributed by atoms with Gasteiger partial charge in [0, 0.05) is 4.90 Å². The summed E-state index contributed by atoms with van der Waals surface area (Å²) in [6.45, 7) is 2.07. The van der Waals surface area contributed by atoms with E-state index in [1.807, 2.05) is 25.1 Å². The van der Waals surface area contributed by atoms with Gasteiger partial charge in [0.15, 0.2) is 0 Å².